The molecule has 1 amide bonds. The van der Waals surface area contributed by atoms with Crippen molar-refractivity contribution in [3.63, 3.8) is 0 Å². The highest BCUT2D eigenvalue weighted by Crippen LogP contribution is 2.22. The van der Waals surface area contributed by atoms with Crippen LogP contribution in [0, 0.1) is 0 Å². The summed E-state index contributed by atoms with van der Waals surface area (Å²) in [5.41, 5.74) is 0. The van der Waals surface area contributed by atoms with Crippen LogP contribution in [0.4, 0.5) is 0 Å². The van der Waals surface area contributed by atoms with Crippen molar-refractivity contribution in [2.45, 2.75) is 26.3 Å². The van der Waals surface area contributed by atoms with E-state index >= 15 is 0 Å². The van der Waals surface area contributed by atoms with Gasteiger partial charge in [-0.05, 0) is 41.5 Å². The largest absolute Gasteiger partial charge is 0.354 e. The molecular formula is C11H17BrN2OS. The van der Waals surface area contributed by atoms with Gasteiger partial charge in [0.15, 0.2) is 0 Å². The molecule has 0 bridgehead atoms. The third-order valence-electron chi connectivity index (χ3n) is 2.12. The predicted molar refractivity (Wildman–Crippen MR) is 71.9 cm³/mol. The second kappa shape index (κ2) is 7.04. The van der Waals surface area contributed by atoms with Crippen LogP contribution >= 0.6 is 27.3 Å². The minimum atomic E-state index is 0.0825. The number of amides is 1. The van der Waals surface area contributed by atoms with Gasteiger partial charge in [-0.25, -0.2) is 0 Å². The molecule has 5 heteroatoms. The van der Waals surface area contributed by atoms with Crippen molar-refractivity contribution < 1.29 is 4.79 Å². The summed E-state index contributed by atoms with van der Waals surface area (Å²) >= 11 is 4.98. The average molecular weight is 305 g/mol. The monoisotopic (exact) mass is 304 g/mol. The van der Waals surface area contributed by atoms with Gasteiger partial charge in [-0.3, -0.25) is 4.79 Å². The van der Waals surface area contributed by atoms with Gasteiger partial charge < -0.3 is 10.6 Å². The maximum atomic E-state index is 11.6. The highest BCUT2D eigenvalue weighted by atomic mass is 79.9. The van der Waals surface area contributed by atoms with E-state index in [-0.39, 0.29) is 5.91 Å². The molecule has 0 saturated carbocycles. The second-order valence-corrected chi connectivity index (χ2v) is 6.19. The van der Waals surface area contributed by atoms with Crippen molar-refractivity contribution in [3.8, 4) is 0 Å². The number of rotatable bonds is 6. The van der Waals surface area contributed by atoms with Crippen molar-refractivity contribution in [2.75, 3.05) is 13.1 Å². The van der Waals surface area contributed by atoms with Crippen LogP contribution in [0.3, 0.4) is 0 Å². The van der Waals surface area contributed by atoms with E-state index in [0.717, 1.165) is 15.2 Å². The molecule has 0 spiro atoms. The lowest BCUT2D eigenvalue weighted by Crippen LogP contribution is -2.39. The SMILES string of the molecule is CCN[C@H](C)CNC(=O)Cc1ccc(Br)s1. The molecule has 16 heavy (non-hydrogen) atoms. The molecule has 3 nitrogen and oxygen atoms in total. The number of hydrogen-bond donors (Lipinski definition) is 2. The fourth-order valence-electron chi connectivity index (χ4n) is 1.36. The minimum absolute atomic E-state index is 0.0825. The number of halogens is 1. The normalized spacial score (nSPS) is 12.4. The molecule has 0 aliphatic rings. The van der Waals surface area contributed by atoms with Crippen LogP contribution in [-0.2, 0) is 11.2 Å². The van der Waals surface area contributed by atoms with Crippen LogP contribution in [0.1, 0.15) is 18.7 Å². The van der Waals surface area contributed by atoms with E-state index in [2.05, 4.69) is 40.4 Å². The molecular weight excluding hydrogens is 288 g/mol. The Morgan fingerprint density at radius 3 is 2.88 bits per heavy atom. The molecule has 0 aliphatic carbocycles. The lowest BCUT2D eigenvalue weighted by molar-refractivity contribution is -0.120. The number of nitrogens with one attached hydrogen (secondary N) is 2. The number of carbonyl (C=O) groups is 1. The summed E-state index contributed by atoms with van der Waals surface area (Å²) in [6.07, 6.45) is 0.467. The maximum absolute atomic E-state index is 11.6. The molecule has 0 saturated heterocycles. The van der Waals surface area contributed by atoms with E-state index in [9.17, 15) is 4.79 Å². The first-order valence-corrected chi connectivity index (χ1v) is 6.97. The first-order chi connectivity index (χ1) is 7.61. The van der Waals surface area contributed by atoms with Gasteiger partial charge in [-0.15, -0.1) is 11.3 Å². The first-order valence-electron chi connectivity index (χ1n) is 5.36. The van der Waals surface area contributed by atoms with Crippen LogP contribution in [0.15, 0.2) is 15.9 Å². The van der Waals surface area contributed by atoms with E-state index in [4.69, 9.17) is 0 Å². The van der Waals surface area contributed by atoms with Crippen LogP contribution in [0.25, 0.3) is 0 Å². The second-order valence-electron chi connectivity index (χ2n) is 3.65. The van der Waals surface area contributed by atoms with E-state index < -0.39 is 0 Å². The summed E-state index contributed by atoms with van der Waals surface area (Å²) in [7, 11) is 0. The Morgan fingerprint density at radius 2 is 2.31 bits per heavy atom. The van der Waals surface area contributed by atoms with Gasteiger partial charge in [0.2, 0.25) is 5.91 Å². The lowest BCUT2D eigenvalue weighted by Gasteiger charge is -2.12. The fourth-order valence-corrected chi connectivity index (χ4v) is 2.84. The van der Waals surface area contributed by atoms with Gasteiger partial charge in [0.1, 0.15) is 0 Å². The molecule has 1 heterocycles. The van der Waals surface area contributed by atoms with Crippen LogP contribution in [0.2, 0.25) is 0 Å². The quantitative estimate of drug-likeness (QED) is 0.846. The highest BCUT2D eigenvalue weighted by Gasteiger charge is 2.07. The summed E-state index contributed by atoms with van der Waals surface area (Å²) in [5.74, 6) is 0.0825. The predicted octanol–water partition coefficient (Wildman–Crippen LogP) is 2.17. The summed E-state index contributed by atoms with van der Waals surface area (Å²) < 4.78 is 1.07. The Bertz CT molecular complexity index is 340. The number of carbonyl (C=O) groups excluding carboxylic acids is 1. The Hall–Kier alpha value is -0.390. The molecule has 0 unspecified atom stereocenters. The topological polar surface area (TPSA) is 41.1 Å². The average Bonchev–Trinajstić information content (AvgIpc) is 2.61. The van der Waals surface area contributed by atoms with Gasteiger partial charge in [-0.2, -0.15) is 0 Å². The van der Waals surface area contributed by atoms with Gasteiger partial charge in [0.05, 0.1) is 10.2 Å². The van der Waals surface area contributed by atoms with Crippen LogP contribution in [-0.4, -0.2) is 25.0 Å². The van der Waals surface area contributed by atoms with E-state index in [1.807, 2.05) is 12.1 Å². The van der Waals surface area contributed by atoms with E-state index in [1.54, 1.807) is 11.3 Å². The fraction of sp³-hybridized carbons (Fsp3) is 0.545. The standard InChI is InChI=1S/C11H17BrN2OS/c1-3-13-8(2)7-14-11(15)6-9-4-5-10(12)16-9/h4-5,8,13H,3,6-7H2,1-2H3,(H,14,15)/t8-/m1/s1. The molecule has 1 aromatic rings. The first kappa shape index (κ1) is 13.7. The molecule has 0 fully saturated rings. The van der Waals surface area contributed by atoms with Crippen molar-refractivity contribution in [1.82, 2.24) is 10.6 Å². The third-order valence-corrected chi connectivity index (χ3v) is 3.75. The number of thiophene rings is 1. The van der Waals surface area contributed by atoms with Crippen molar-refractivity contribution in [2.24, 2.45) is 0 Å². The van der Waals surface area contributed by atoms with Gasteiger partial charge in [0.25, 0.3) is 0 Å². The molecule has 2 N–H and O–H groups in total. The smallest absolute Gasteiger partial charge is 0.225 e. The zero-order valence-corrected chi connectivity index (χ0v) is 12.0. The van der Waals surface area contributed by atoms with E-state index in [0.29, 0.717) is 19.0 Å². The van der Waals surface area contributed by atoms with Gasteiger partial charge in [-0.1, -0.05) is 6.92 Å². The minimum Gasteiger partial charge on any atom is -0.354 e. The molecule has 0 radical (unpaired) electrons. The van der Waals surface area contributed by atoms with Gasteiger partial charge in [0, 0.05) is 17.5 Å². The molecule has 90 valence electrons. The number of likely N-dealkylation sites (N-methyl/N-ethyl adjacent to an activating group) is 1. The third kappa shape index (κ3) is 5.09. The van der Waals surface area contributed by atoms with Crippen LogP contribution < -0.4 is 10.6 Å². The summed E-state index contributed by atoms with van der Waals surface area (Å²) in [6.45, 7) is 5.72. The highest BCUT2D eigenvalue weighted by molar-refractivity contribution is 9.11. The molecule has 1 atom stereocenters. The lowest BCUT2D eigenvalue weighted by atomic mass is 10.3. The molecule has 0 aliphatic heterocycles. The molecule has 1 aromatic heterocycles. The summed E-state index contributed by atoms with van der Waals surface area (Å²) in [4.78, 5) is 12.7. The zero-order valence-electron chi connectivity index (χ0n) is 9.55. The summed E-state index contributed by atoms with van der Waals surface area (Å²) in [6, 6.07) is 4.26. The Morgan fingerprint density at radius 1 is 1.56 bits per heavy atom. The Labute approximate surface area is 109 Å². The maximum Gasteiger partial charge on any atom is 0.225 e. The van der Waals surface area contributed by atoms with Crippen molar-refractivity contribution in [3.05, 3.63) is 20.8 Å². The van der Waals surface area contributed by atoms with E-state index in [1.165, 1.54) is 0 Å². The van der Waals surface area contributed by atoms with Crippen molar-refractivity contribution >= 4 is 33.2 Å². The van der Waals surface area contributed by atoms with Gasteiger partial charge >= 0.3 is 0 Å². The zero-order chi connectivity index (χ0) is 12.0. The van der Waals surface area contributed by atoms with Crippen molar-refractivity contribution in [1.29, 1.82) is 0 Å². The van der Waals surface area contributed by atoms with Crippen LogP contribution in [0.5, 0.6) is 0 Å². The molecule has 1 rings (SSSR count). The summed E-state index contributed by atoms with van der Waals surface area (Å²) in [5, 5.41) is 6.16. The number of hydrogen-bond acceptors (Lipinski definition) is 3. The molecule has 0 aromatic carbocycles. The Balaban J connectivity index is 2.26. The Kier molecular flexibility index (Phi) is 6.01.